The number of amidine groups is 1. The summed E-state index contributed by atoms with van der Waals surface area (Å²) in [6.07, 6.45) is 0. The zero-order valence-corrected chi connectivity index (χ0v) is 12.8. The Morgan fingerprint density at radius 2 is 1.55 bits per heavy atom. The molecule has 0 N–H and O–H groups in total. The molecule has 0 aliphatic carbocycles. The first-order valence-electron chi connectivity index (χ1n) is 7.18. The van der Waals surface area contributed by atoms with Crippen LogP contribution in [0.4, 0.5) is 11.4 Å². The molecule has 0 bridgehead atoms. The molecule has 1 aliphatic rings. The predicted molar refractivity (Wildman–Crippen MR) is 96.6 cm³/mol. The molecule has 3 aromatic carbocycles. The van der Waals surface area contributed by atoms with Crippen molar-refractivity contribution in [1.82, 2.24) is 0 Å². The molecular formula is C18H15N3S. The highest BCUT2D eigenvalue weighted by molar-refractivity contribution is 7.97. The Morgan fingerprint density at radius 1 is 0.818 bits per heavy atom. The Hall–Kier alpha value is -2.46. The lowest BCUT2D eigenvalue weighted by molar-refractivity contribution is 0.906. The van der Waals surface area contributed by atoms with Crippen molar-refractivity contribution < 1.29 is 0 Å². The highest BCUT2D eigenvalue weighted by Crippen LogP contribution is 2.33. The minimum absolute atomic E-state index is 0.575. The number of thiol groups is 1. The fraction of sp³-hybridized carbons (Fsp3) is 0.0556. The van der Waals surface area contributed by atoms with Gasteiger partial charge < -0.3 is 0 Å². The van der Waals surface area contributed by atoms with Crippen LogP contribution in [0, 0.1) is 0 Å². The maximum Gasteiger partial charge on any atom is 0.181 e. The number of hydrogen-bond acceptors (Lipinski definition) is 3. The van der Waals surface area contributed by atoms with Gasteiger partial charge in [-0.15, -0.1) is 12.6 Å². The van der Waals surface area contributed by atoms with Gasteiger partial charge in [-0.05, 0) is 23.6 Å². The number of hydrazine groups is 1. The summed E-state index contributed by atoms with van der Waals surface area (Å²) < 4.78 is 0. The highest BCUT2D eigenvalue weighted by Gasteiger charge is 2.26. The second kappa shape index (κ2) is 5.39. The minimum Gasteiger partial charge on any atom is -0.257 e. The van der Waals surface area contributed by atoms with Crippen LogP contribution in [-0.4, -0.2) is 11.8 Å². The van der Waals surface area contributed by atoms with Gasteiger partial charge in [0.25, 0.3) is 0 Å². The summed E-state index contributed by atoms with van der Waals surface area (Å²) in [4.78, 5) is 4.49. The van der Waals surface area contributed by atoms with Crippen LogP contribution in [0.15, 0.2) is 77.8 Å². The molecule has 0 atom stereocenters. The fourth-order valence-corrected chi connectivity index (χ4v) is 3.08. The molecule has 1 heterocycles. The second-order valence-corrected chi connectivity index (χ2v) is 5.54. The molecule has 3 aromatic rings. The molecule has 0 radical (unpaired) electrons. The SMILES string of the molecule is SC1=NCN(c2ccccc2)N1c1cccc2ccccc12. The van der Waals surface area contributed by atoms with Gasteiger partial charge in [-0.25, -0.2) is 10.0 Å². The predicted octanol–water partition coefficient (Wildman–Crippen LogP) is 4.32. The largest absolute Gasteiger partial charge is 0.257 e. The Bertz CT molecular complexity index is 840. The molecule has 0 spiro atoms. The number of fused-ring (bicyclic) bond motifs is 1. The number of benzene rings is 3. The number of nitrogens with zero attached hydrogens (tertiary/aromatic N) is 3. The quantitative estimate of drug-likeness (QED) is 0.711. The van der Waals surface area contributed by atoms with Crippen molar-refractivity contribution in [3.8, 4) is 0 Å². The van der Waals surface area contributed by atoms with Gasteiger partial charge in [0.15, 0.2) is 5.17 Å². The molecule has 0 amide bonds. The summed E-state index contributed by atoms with van der Waals surface area (Å²) >= 11 is 4.57. The Balaban J connectivity index is 1.86. The van der Waals surface area contributed by atoms with Gasteiger partial charge in [0.2, 0.25) is 0 Å². The van der Waals surface area contributed by atoms with Crippen LogP contribution in [0.5, 0.6) is 0 Å². The number of rotatable bonds is 2. The molecule has 1 aliphatic heterocycles. The van der Waals surface area contributed by atoms with E-state index in [1.165, 1.54) is 10.8 Å². The average Bonchev–Trinajstić information content (AvgIpc) is 2.96. The van der Waals surface area contributed by atoms with Crippen molar-refractivity contribution in [3.63, 3.8) is 0 Å². The van der Waals surface area contributed by atoms with Crippen molar-refractivity contribution in [3.05, 3.63) is 72.8 Å². The van der Waals surface area contributed by atoms with Crippen LogP contribution >= 0.6 is 12.6 Å². The van der Waals surface area contributed by atoms with Crippen molar-refractivity contribution >= 4 is 39.9 Å². The van der Waals surface area contributed by atoms with Crippen molar-refractivity contribution in [2.45, 2.75) is 0 Å². The van der Waals surface area contributed by atoms with Crippen LogP contribution in [0.2, 0.25) is 0 Å². The summed E-state index contributed by atoms with van der Waals surface area (Å²) in [5, 5.41) is 7.31. The molecule has 0 saturated carbocycles. The molecular weight excluding hydrogens is 290 g/mol. The highest BCUT2D eigenvalue weighted by atomic mass is 32.1. The first kappa shape index (κ1) is 13.2. The molecule has 4 rings (SSSR count). The third-order valence-corrected chi connectivity index (χ3v) is 4.16. The molecule has 0 fully saturated rings. The third-order valence-electron chi connectivity index (χ3n) is 3.83. The van der Waals surface area contributed by atoms with Crippen molar-refractivity contribution in [1.29, 1.82) is 0 Å². The van der Waals surface area contributed by atoms with E-state index in [0.29, 0.717) is 11.8 Å². The van der Waals surface area contributed by atoms with Crippen LogP contribution < -0.4 is 10.0 Å². The topological polar surface area (TPSA) is 18.8 Å². The van der Waals surface area contributed by atoms with E-state index >= 15 is 0 Å². The monoisotopic (exact) mass is 305 g/mol. The third kappa shape index (κ3) is 2.12. The first-order valence-corrected chi connectivity index (χ1v) is 7.63. The number of aliphatic imine (C=N–C) groups is 1. The summed E-state index contributed by atoms with van der Waals surface area (Å²) in [7, 11) is 0. The molecule has 22 heavy (non-hydrogen) atoms. The summed E-state index contributed by atoms with van der Waals surface area (Å²) in [5.41, 5.74) is 2.19. The smallest absolute Gasteiger partial charge is 0.181 e. The van der Waals surface area contributed by atoms with E-state index in [0.717, 1.165) is 11.4 Å². The van der Waals surface area contributed by atoms with Crippen LogP contribution in [0.1, 0.15) is 0 Å². The van der Waals surface area contributed by atoms with E-state index in [4.69, 9.17) is 0 Å². The maximum absolute atomic E-state index is 4.57. The van der Waals surface area contributed by atoms with Gasteiger partial charge in [0.05, 0.1) is 11.4 Å². The van der Waals surface area contributed by atoms with Gasteiger partial charge in [0.1, 0.15) is 6.67 Å². The molecule has 0 saturated heterocycles. The fourth-order valence-electron chi connectivity index (χ4n) is 2.80. The van der Waals surface area contributed by atoms with Crippen molar-refractivity contribution in [2.75, 3.05) is 16.7 Å². The van der Waals surface area contributed by atoms with E-state index in [1.807, 2.05) is 18.2 Å². The van der Waals surface area contributed by atoms with Crippen LogP contribution in [-0.2, 0) is 0 Å². The van der Waals surface area contributed by atoms with Crippen LogP contribution in [0.3, 0.4) is 0 Å². The Labute approximate surface area is 134 Å². The zero-order valence-electron chi connectivity index (χ0n) is 11.9. The molecule has 3 nitrogen and oxygen atoms in total. The maximum atomic E-state index is 4.57. The van der Waals surface area contributed by atoms with E-state index in [1.54, 1.807) is 0 Å². The lowest BCUT2D eigenvalue weighted by atomic mass is 10.1. The number of para-hydroxylation sites is 1. The van der Waals surface area contributed by atoms with Gasteiger partial charge in [-0.2, -0.15) is 0 Å². The second-order valence-electron chi connectivity index (χ2n) is 5.14. The summed E-state index contributed by atoms with van der Waals surface area (Å²) in [6, 6.07) is 24.9. The van der Waals surface area contributed by atoms with E-state index in [9.17, 15) is 0 Å². The summed E-state index contributed by atoms with van der Waals surface area (Å²) in [5.74, 6) is 0. The van der Waals surface area contributed by atoms with Gasteiger partial charge >= 0.3 is 0 Å². The van der Waals surface area contributed by atoms with Crippen molar-refractivity contribution in [2.24, 2.45) is 4.99 Å². The molecule has 0 aromatic heterocycles. The summed E-state index contributed by atoms with van der Waals surface area (Å²) in [6.45, 7) is 0.575. The lowest BCUT2D eigenvalue weighted by Gasteiger charge is -2.31. The lowest BCUT2D eigenvalue weighted by Crippen LogP contribution is -2.40. The Morgan fingerprint density at radius 3 is 2.41 bits per heavy atom. The van der Waals surface area contributed by atoms with E-state index < -0.39 is 0 Å². The zero-order chi connectivity index (χ0) is 14.9. The van der Waals surface area contributed by atoms with Gasteiger partial charge in [-0.3, -0.25) is 5.01 Å². The first-order chi connectivity index (χ1) is 10.8. The number of hydrogen-bond donors (Lipinski definition) is 1. The van der Waals surface area contributed by atoms with Crippen LogP contribution in [0.25, 0.3) is 10.8 Å². The van der Waals surface area contributed by atoms with Gasteiger partial charge in [0, 0.05) is 5.39 Å². The van der Waals surface area contributed by atoms with Gasteiger partial charge in [-0.1, -0.05) is 54.6 Å². The molecule has 0 unspecified atom stereocenters. The van der Waals surface area contributed by atoms with E-state index in [-0.39, 0.29) is 0 Å². The van der Waals surface area contributed by atoms with E-state index in [2.05, 4.69) is 82.2 Å². The molecule has 4 heteroatoms. The normalized spacial score (nSPS) is 14.5. The Kier molecular flexibility index (Phi) is 3.24. The minimum atomic E-state index is 0.575. The molecule has 108 valence electrons. The average molecular weight is 305 g/mol. The number of anilines is 2. The standard InChI is InChI=1S/C18H15N3S/c22-18-19-13-20(15-9-2-1-3-10-15)21(18)17-12-6-8-14-7-4-5-11-16(14)17/h1-12H,13H2,(H,19,22).